The van der Waals surface area contributed by atoms with Gasteiger partial charge in [-0.05, 0) is 31.2 Å². The third-order valence-corrected chi connectivity index (χ3v) is 3.64. The van der Waals surface area contributed by atoms with E-state index in [9.17, 15) is 4.79 Å². The fraction of sp³-hybridized carbons (Fsp3) is 0.533. The minimum absolute atomic E-state index is 0.253. The molecule has 1 rings (SSSR count). The number of alkyl halides is 1. The van der Waals surface area contributed by atoms with Crippen molar-refractivity contribution in [1.82, 2.24) is 0 Å². The number of benzene rings is 1. The van der Waals surface area contributed by atoms with Crippen molar-refractivity contribution < 1.29 is 4.79 Å². The van der Waals surface area contributed by atoms with Crippen LogP contribution in [0.15, 0.2) is 30.3 Å². The van der Waals surface area contributed by atoms with Crippen LogP contribution in [-0.4, -0.2) is 11.1 Å². The van der Waals surface area contributed by atoms with E-state index in [-0.39, 0.29) is 5.92 Å². The number of rotatable bonds is 8. The summed E-state index contributed by atoms with van der Waals surface area (Å²) in [5.74, 6) is 0.614. The molecule has 1 aromatic rings. The summed E-state index contributed by atoms with van der Waals surface area (Å²) in [6.45, 7) is 2.14. The maximum Gasteiger partial charge on any atom is 0.146 e. The highest BCUT2D eigenvalue weighted by atomic mass is 79.9. The molecule has 1 nitrogen and oxygen atoms in total. The Labute approximate surface area is 113 Å². The predicted octanol–water partition coefficient (Wildman–Crippen LogP) is 4.39. The summed E-state index contributed by atoms with van der Waals surface area (Å²) in [7, 11) is 0. The van der Waals surface area contributed by atoms with Gasteiger partial charge in [0.1, 0.15) is 5.78 Å². The number of carbonyl (C=O) groups is 1. The zero-order chi connectivity index (χ0) is 12.5. The van der Waals surface area contributed by atoms with Crippen molar-refractivity contribution in [3.8, 4) is 0 Å². The number of ketones is 1. The lowest BCUT2D eigenvalue weighted by Gasteiger charge is -2.13. The molecule has 0 bridgehead atoms. The van der Waals surface area contributed by atoms with Gasteiger partial charge in [-0.25, -0.2) is 0 Å². The Kier molecular flexibility index (Phi) is 7.18. The minimum atomic E-state index is 0.253. The molecule has 2 heteroatoms. The lowest BCUT2D eigenvalue weighted by atomic mass is 9.92. The van der Waals surface area contributed by atoms with Gasteiger partial charge >= 0.3 is 0 Å². The van der Waals surface area contributed by atoms with Gasteiger partial charge < -0.3 is 0 Å². The zero-order valence-corrected chi connectivity index (χ0v) is 12.1. The van der Waals surface area contributed by atoms with E-state index >= 15 is 0 Å². The van der Waals surface area contributed by atoms with E-state index in [1.165, 1.54) is 5.56 Å². The van der Waals surface area contributed by atoms with Gasteiger partial charge in [0.25, 0.3) is 0 Å². The fourth-order valence-corrected chi connectivity index (χ4v) is 2.58. The second-order valence-electron chi connectivity index (χ2n) is 4.46. The molecule has 0 N–H and O–H groups in total. The van der Waals surface area contributed by atoms with E-state index in [2.05, 4.69) is 47.1 Å². The Morgan fingerprint density at radius 3 is 2.53 bits per heavy atom. The lowest BCUT2D eigenvalue weighted by molar-refractivity contribution is -0.120. The molecule has 0 aliphatic carbocycles. The molecule has 0 aliphatic heterocycles. The van der Waals surface area contributed by atoms with Crippen molar-refractivity contribution in [3.63, 3.8) is 0 Å². The van der Waals surface area contributed by atoms with Gasteiger partial charge in [0, 0.05) is 5.92 Å². The first kappa shape index (κ1) is 14.4. The highest BCUT2D eigenvalue weighted by Gasteiger charge is 2.15. The first-order chi connectivity index (χ1) is 8.27. The summed E-state index contributed by atoms with van der Waals surface area (Å²) in [4.78, 5) is 11.7. The molecular formula is C15H21BrO. The van der Waals surface area contributed by atoms with Crippen LogP contribution in [0, 0.1) is 5.92 Å². The summed E-state index contributed by atoms with van der Waals surface area (Å²) in [6.07, 6.45) is 5.32. The first-order valence-corrected chi connectivity index (χ1v) is 7.52. The predicted molar refractivity (Wildman–Crippen MR) is 76.6 cm³/mol. The third kappa shape index (κ3) is 5.49. The molecule has 0 amide bonds. The monoisotopic (exact) mass is 296 g/mol. The van der Waals surface area contributed by atoms with Crippen molar-refractivity contribution in [2.24, 2.45) is 5.92 Å². The molecule has 0 aliphatic rings. The standard InChI is InChI=1S/C15H21BrO/c1-2-7-14(15(17)12-16)11-6-10-13-8-4-3-5-9-13/h3-5,8-9,14H,2,6-7,10-12H2,1H3. The summed E-state index contributed by atoms with van der Waals surface area (Å²) in [6, 6.07) is 10.5. The average Bonchev–Trinajstić information content (AvgIpc) is 2.38. The van der Waals surface area contributed by atoms with Crippen molar-refractivity contribution in [2.45, 2.75) is 39.0 Å². The van der Waals surface area contributed by atoms with Crippen LogP contribution >= 0.6 is 15.9 Å². The van der Waals surface area contributed by atoms with E-state index in [1.54, 1.807) is 0 Å². The second-order valence-corrected chi connectivity index (χ2v) is 5.02. The minimum Gasteiger partial charge on any atom is -0.298 e. The van der Waals surface area contributed by atoms with Gasteiger partial charge in [-0.3, -0.25) is 4.79 Å². The molecule has 0 fully saturated rings. The van der Waals surface area contributed by atoms with Crippen LogP contribution in [0.3, 0.4) is 0 Å². The lowest BCUT2D eigenvalue weighted by Crippen LogP contribution is -2.15. The first-order valence-electron chi connectivity index (χ1n) is 6.40. The SMILES string of the molecule is CCCC(CCCc1ccccc1)C(=O)CBr. The van der Waals surface area contributed by atoms with Crippen molar-refractivity contribution in [1.29, 1.82) is 0 Å². The highest BCUT2D eigenvalue weighted by Crippen LogP contribution is 2.17. The van der Waals surface area contributed by atoms with Gasteiger partial charge in [0.15, 0.2) is 0 Å². The molecule has 0 aromatic heterocycles. The van der Waals surface area contributed by atoms with Crippen molar-refractivity contribution >= 4 is 21.7 Å². The van der Waals surface area contributed by atoms with Gasteiger partial charge in [-0.1, -0.05) is 59.6 Å². The maximum atomic E-state index is 11.7. The largest absolute Gasteiger partial charge is 0.298 e. The van der Waals surface area contributed by atoms with Crippen LogP contribution in [0.4, 0.5) is 0 Å². The zero-order valence-electron chi connectivity index (χ0n) is 10.5. The quantitative estimate of drug-likeness (QED) is 0.650. The number of Topliss-reactive ketones (excluding diaryl/α,β-unsaturated/α-hetero) is 1. The number of hydrogen-bond acceptors (Lipinski definition) is 1. The van der Waals surface area contributed by atoms with Crippen molar-refractivity contribution in [2.75, 3.05) is 5.33 Å². The topological polar surface area (TPSA) is 17.1 Å². The van der Waals surface area contributed by atoms with Gasteiger partial charge in [0.2, 0.25) is 0 Å². The van der Waals surface area contributed by atoms with Crippen LogP contribution in [0.5, 0.6) is 0 Å². The molecule has 0 spiro atoms. The van der Waals surface area contributed by atoms with E-state index < -0.39 is 0 Å². The summed E-state index contributed by atoms with van der Waals surface area (Å²) in [5.41, 5.74) is 1.37. The molecule has 0 heterocycles. The molecule has 17 heavy (non-hydrogen) atoms. The second kappa shape index (κ2) is 8.46. The molecule has 1 unspecified atom stereocenters. The number of aryl methyl sites for hydroxylation is 1. The average molecular weight is 297 g/mol. The molecule has 0 saturated heterocycles. The highest BCUT2D eigenvalue weighted by molar-refractivity contribution is 9.09. The van der Waals surface area contributed by atoms with E-state index in [4.69, 9.17) is 0 Å². The Hall–Kier alpha value is -0.630. The summed E-state index contributed by atoms with van der Waals surface area (Å²) >= 11 is 3.27. The Morgan fingerprint density at radius 2 is 1.94 bits per heavy atom. The van der Waals surface area contributed by atoms with Gasteiger partial charge in [-0.2, -0.15) is 0 Å². The van der Waals surface area contributed by atoms with Crippen LogP contribution in [-0.2, 0) is 11.2 Å². The number of hydrogen-bond donors (Lipinski definition) is 0. The summed E-state index contributed by atoms with van der Waals surface area (Å²) < 4.78 is 0. The van der Waals surface area contributed by atoms with E-state index in [1.807, 2.05) is 6.07 Å². The summed E-state index contributed by atoms with van der Waals surface area (Å²) in [5, 5.41) is 0.503. The molecule has 0 radical (unpaired) electrons. The Morgan fingerprint density at radius 1 is 1.24 bits per heavy atom. The Balaban J connectivity index is 2.34. The van der Waals surface area contributed by atoms with E-state index in [0.717, 1.165) is 32.1 Å². The van der Waals surface area contributed by atoms with E-state index in [0.29, 0.717) is 11.1 Å². The third-order valence-electron chi connectivity index (χ3n) is 3.09. The number of carbonyl (C=O) groups excluding carboxylic acids is 1. The van der Waals surface area contributed by atoms with Crippen LogP contribution in [0.1, 0.15) is 38.2 Å². The smallest absolute Gasteiger partial charge is 0.146 e. The molecule has 0 saturated carbocycles. The van der Waals surface area contributed by atoms with Crippen LogP contribution < -0.4 is 0 Å². The van der Waals surface area contributed by atoms with Gasteiger partial charge in [0.05, 0.1) is 5.33 Å². The van der Waals surface area contributed by atoms with Gasteiger partial charge in [-0.15, -0.1) is 0 Å². The Bertz CT molecular complexity index is 321. The molecule has 94 valence electrons. The molecular weight excluding hydrogens is 276 g/mol. The molecule has 1 atom stereocenters. The van der Waals surface area contributed by atoms with Crippen molar-refractivity contribution in [3.05, 3.63) is 35.9 Å². The number of halogens is 1. The normalized spacial score (nSPS) is 12.4. The fourth-order valence-electron chi connectivity index (χ4n) is 2.12. The molecule has 1 aromatic carbocycles. The van der Waals surface area contributed by atoms with Crippen LogP contribution in [0.2, 0.25) is 0 Å². The van der Waals surface area contributed by atoms with Crippen LogP contribution in [0.25, 0.3) is 0 Å². The maximum absolute atomic E-state index is 11.7.